The molecule has 1 aliphatic heterocycles. The van der Waals surface area contributed by atoms with E-state index in [-0.39, 0.29) is 23.0 Å². The smallest absolute Gasteiger partial charge is 0.243 e. The van der Waals surface area contributed by atoms with Gasteiger partial charge in [-0.2, -0.15) is 9.57 Å². The molecule has 1 aromatic heterocycles. The predicted octanol–water partition coefficient (Wildman–Crippen LogP) is 1.27. The maximum Gasteiger partial charge on any atom is 0.243 e. The molecule has 3 rings (SSSR count). The fourth-order valence-corrected chi connectivity index (χ4v) is 5.31. The molecular weight excluding hydrogens is 452 g/mol. The molecule has 10 nitrogen and oxygen atoms in total. The summed E-state index contributed by atoms with van der Waals surface area (Å²) in [4.78, 5) is 12.1. The number of hydrogen-bond acceptors (Lipinski definition) is 8. The molecule has 32 heavy (non-hydrogen) atoms. The van der Waals surface area contributed by atoms with Crippen LogP contribution in [0.2, 0.25) is 0 Å². The highest BCUT2D eigenvalue weighted by Gasteiger charge is 2.27. The number of nitriles is 1. The first-order valence-electron chi connectivity index (χ1n) is 9.96. The number of amides is 1. The number of aromatic nitrogens is 3. The molecule has 12 heteroatoms. The average molecular weight is 477 g/mol. The Bertz CT molecular complexity index is 1100. The standard InChI is InChI=1S/C20H24N6O4S2/c1-2-9-26-19(23-24-20(26)31-15-18(27)22-8-4-7-21)16-5-3-6-17(14-16)32(28,29)25-10-12-30-13-11-25/h2-3,5-6,14H,1,4,8-13,15H2,(H,22,27). The van der Waals surface area contributed by atoms with Crippen LogP contribution in [0.25, 0.3) is 11.4 Å². The number of rotatable bonds is 10. The van der Waals surface area contributed by atoms with E-state index >= 15 is 0 Å². The highest BCUT2D eigenvalue weighted by atomic mass is 32.2. The number of carbonyl (C=O) groups excluding carboxylic acids is 1. The third kappa shape index (κ3) is 5.74. The van der Waals surface area contributed by atoms with Crippen LogP contribution in [0.15, 0.2) is 47.0 Å². The molecule has 1 saturated heterocycles. The van der Waals surface area contributed by atoms with Crippen molar-refractivity contribution >= 4 is 27.7 Å². The Kier molecular flexibility index (Phi) is 8.40. The molecule has 0 spiro atoms. The molecule has 0 bridgehead atoms. The van der Waals surface area contributed by atoms with Gasteiger partial charge in [-0.25, -0.2) is 8.42 Å². The van der Waals surface area contributed by atoms with Crippen molar-refractivity contribution in [2.24, 2.45) is 0 Å². The number of benzene rings is 1. The van der Waals surface area contributed by atoms with E-state index < -0.39 is 10.0 Å². The summed E-state index contributed by atoms with van der Waals surface area (Å²) >= 11 is 1.21. The zero-order valence-electron chi connectivity index (χ0n) is 17.4. The number of allylic oxidation sites excluding steroid dienone is 1. The van der Waals surface area contributed by atoms with Crippen molar-refractivity contribution in [2.45, 2.75) is 23.0 Å². The summed E-state index contributed by atoms with van der Waals surface area (Å²) in [6, 6.07) is 8.55. The van der Waals surface area contributed by atoms with E-state index in [2.05, 4.69) is 22.1 Å². The molecule has 1 aromatic carbocycles. The Morgan fingerprint density at radius 1 is 1.34 bits per heavy atom. The monoisotopic (exact) mass is 476 g/mol. The minimum atomic E-state index is -3.65. The second-order valence-electron chi connectivity index (χ2n) is 6.80. The Morgan fingerprint density at radius 2 is 2.12 bits per heavy atom. The van der Waals surface area contributed by atoms with Gasteiger partial charge in [0, 0.05) is 31.7 Å². The van der Waals surface area contributed by atoms with Gasteiger partial charge in [0.15, 0.2) is 11.0 Å². The predicted molar refractivity (Wildman–Crippen MR) is 119 cm³/mol. The molecule has 0 unspecified atom stereocenters. The lowest BCUT2D eigenvalue weighted by atomic mass is 10.2. The van der Waals surface area contributed by atoms with Crippen molar-refractivity contribution in [2.75, 3.05) is 38.6 Å². The maximum atomic E-state index is 13.0. The summed E-state index contributed by atoms with van der Waals surface area (Å²) in [5, 5.41) is 20.1. The molecule has 0 radical (unpaired) electrons. The van der Waals surface area contributed by atoms with Crippen molar-refractivity contribution in [1.29, 1.82) is 5.26 Å². The van der Waals surface area contributed by atoms with Gasteiger partial charge in [0.2, 0.25) is 15.9 Å². The van der Waals surface area contributed by atoms with Crippen molar-refractivity contribution in [1.82, 2.24) is 24.4 Å². The first-order valence-corrected chi connectivity index (χ1v) is 12.4. The topological polar surface area (TPSA) is 130 Å². The molecule has 1 N–H and O–H groups in total. The normalized spacial score (nSPS) is 14.6. The average Bonchev–Trinajstić information content (AvgIpc) is 3.21. The van der Waals surface area contributed by atoms with Crippen molar-refractivity contribution in [3.05, 3.63) is 36.9 Å². The number of carbonyl (C=O) groups is 1. The SMILES string of the molecule is C=CCn1c(SCC(=O)NCCC#N)nnc1-c1cccc(S(=O)(=O)N2CCOCC2)c1. The Labute approximate surface area is 191 Å². The number of morpholine rings is 1. The summed E-state index contributed by atoms with van der Waals surface area (Å²) in [6.07, 6.45) is 1.93. The highest BCUT2D eigenvalue weighted by Crippen LogP contribution is 2.27. The quantitative estimate of drug-likeness (QED) is 0.308. The van der Waals surface area contributed by atoms with E-state index in [1.54, 1.807) is 34.9 Å². The fraction of sp³-hybridized carbons (Fsp3) is 0.400. The third-order valence-corrected chi connectivity index (χ3v) is 7.48. The Hall–Kier alpha value is -2.72. The van der Waals surface area contributed by atoms with Gasteiger partial charge in [-0.05, 0) is 12.1 Å². The van der Waals surface area contributed by atoms with Gasteiger partial charge in [0.05, 0.1) is 36.4 Å². The van der Waals surface area contributed by atoms with Crippen molar-refractivity contribution in [3.8, 4) is 17.5 Å². The lowest BCUT2D eigenvalue weighted by molar-refractivity contribution is -0.118. The first kappa shape index (κ1) is 23.9. The van der Waals surface area contributed by atoms with Crippen molar-refractivity contribution < 1.29 is 17.9 Å². The lowest BCUT2D eigenvalue weighted by Gasteiger charge is -2.26. The summed E-state index contributed by atoms with van der Waals surface area (Å²) in [5.74, 6) is 0.390. The number of nitrogens with zero attached hydrogens (tertiary/aromatic N) is 5. The molecule has 1 fully saturated rings. The van der Waals surface area contributed by atoms with Gasteiger partial charge in [0.25, 0.3) is 0 Å². The Morgan fingerprint density at radius 3 is 2.84 bits per heavy atom. The van der Waals surface area contributed by atoms with Crippen LogP contribution in [0.5, 0.6) is 0 Å². The first-order chi connectivity index (χ1) is 15.5. The van der Waals surface area contributed by atoms with Crippen LogP contribution in [0.1, 0.15) is 6.42 Å². The molecule has 170 valence electrons. The van der Waals surface area contributed by atoms with Gasteiger partial charge in [-0.15, -0.1) is 16.8 Å². The molecule has 1 amide bonds. The van der Waals surface area contributed by atoms with E-state index in [1.165, 1.54) is 16.1 Å². The lowest BCUT2D eigenvalue weighted by Crippen LogP contribution is -2.40. The second kappa shape index (κ2) is 11.2. The van der Waals surface area contributed by atoms with Gasteiger partial charge >= 0.3 is 0 Å². The van der Waals surface area contributed by atoms with E-state index in [1.807, 2.05) is 6.07 Å². The highest BCUT2D eigenvalue weighted by molar-refractivity contribution is 7.99. The van der Waals surface area contributed by atoms with Crippen LogP contribution in [-0.4, -0.2) is 72.0 Å². The molecule has 0 aliphatic carbocycles. The van der Waals surface area contributed by atoms with Gasteiger partial charge in [-0.3, -0.25) is 9.36 Å². The van der Waals surface area contributed by atoms with Crippen LogP contribution in [-0.2, 0) is 26.1 Å². The zero-order valence-corrected chi connectivity index (χ0v) is 19.1. The summed E-state index contributed by atoms with van der Waals surface area (Å²) in [6.45, 7) is 5.83. The van der Waals surface area contributed by atoms with E-state index in [4.69, 9.17) is 10.00 Å². The molecular formula is C20H24N6O4S2. The van der Waals surface area contributed by atoms with Crippen LogP contribution in [0.3, 0.4) is 0 Å². The third-order valence-electron chi connectivity index (χ3n) is 4.62. The molecule has 2 heterocycles. The van der Waals surface area contributed by atoms with Gasteiger partial charge in [0.1, 0.15) is 0 Å². The zero-order chi connectivity index (χ0) is 23.0. The van der Waals surface area contributed by atoms with Gasteiger partial charge < -0.3 is 10.1 Å². The summed E-state index contributed by atoms with van der Waals surface area (Å²) in [7, 11) is -3.65. The van der Waals surface area contributed by atoms with Gasteiger partial charge in [-0.1, -0.05) is 30.0 Å². The van der Waals surface area contributed by atoms with Crippen LogP contribution in [0, 0.1) is 11.3 Å². The van der Waals surface area contributed by atoms with Crippen LogP contribution >= 0.6 is 11.8 Å². The second-order valence-corrected chi connectivity index (χ2v) is 9.68. The number of hydrogen-bond donors (Lipinski definition) is 1. The van der Waals surface area contributed by atoms with E-state index in [0.29, 0.717) is 55.9 Å². The molecule has 2 aromatic rings. The fourth-order valence-electron chi connectivity index (χ4n) is 3.07. The van der Waals surface area contributed by atoms with Crippen LogP contribution < -0.4 is 5.32 Å². The molecule has 0 saturated carbocycles. The Balaban J connectivity index is 1.82. The van der Waals surface area contributed by atoms with Crippen LogP contribution in [0.4, 0.5) is 0 Å². The van der Waals surface area contributed by atoms with E-state index in [0.717, 1.165) is 0 Å². The number of ether oxygens (including phenoxy) is 1. The largest absolute Gasteiger partial charge is 0.379 e. The summed E-state index contributed by atoms with van der Waals surface area (Å²) in [5.41, 5.74) is 0.596. The molecule has 1 aliphatic rings. The minimum absolute atomic E-state index is 0.117. The number of thioether (sulfide) groups is 1. The number of sulfonamides is 1. The summed E-state index contributed by atoms with van der Waals surface area (Å²) < 4.78 is 34.5. The number of nitrogens with one attached hydrogen (secondary N) is 1. The van der Waals surface area contributed by atoms with E-state index in [9.17, 15) is 13.2 Å². The minimum Gasteiger partial charge on any atom is -0.379 e. The maximum absolute atomic E-state index is 13.0. The van der Waals surface area contributed by atoms with Crippen molar-refractivity contribution in [3.63, 3.8) is 0 Å². The molecule has 0 atom stereocenters.